The van der Waals surface area contributed by atoms with Gasteiger partial charge in [0, 0.05) is 0 Å². The Morgan fingerprint density at radius 2 is 1.43 bits per heavy atom. The lowest BCUT2D eigenvalue weighted by atomic mass is 10.1. The number of rotatable bonds is 0. The first kappa shape index (κ1) is 5.10. The summed E-state index contributed by atoms with van der Waals surface area (Å²) in [6.45, 7) is 6.03. The average molecular weight is 100 g/mol. The van der Waals surface area contributed by atoms with Gasteiger partial charge >= 0.3 is 0 Å². The van der Waals surface area contributed by atoms with E-state index in [9.17, 15) is 0 Å². The zero-order chi connectivity index (χ0) is 5.71. The Bertz CT molecular complexity index is 80.4. The summed E-state index contributed by atoms with van der Waals surface area (Å²) >= 11 is 0. The summed E-state index contributed by atoms with van der Waals surface area (Å²) in [6, 6.07) is 0. The molecule has 1 nitrogen and oxygen atoms in total. The third kappa shape index (κ3) is 0.556. The second-order valence-electron chi connectivity index (χ2n) is 3.33. The molecular weight excluding hydrogens is 88.1 g/mol. The van der Waals surface area contributed by atoms with Gasteiger partial charge in [-0.25, -0.2) is 0 Å². The summed E-state index contributed by atoms with van der Waals surface area (Å²) in [5, 5.41) is 9.16. The highest BCUT2D eigenvalue weighted by Gasteiger charge is 2.56. The molecule has 1 aliphatic carbocycles. The molecule has 1 fully saturated rings. The molecule has 0 bridgehead atoms. The van der Waals surface area contributed by atoms with E-state index in [1.165, 1.54) is 0 Å². The van der Waals surface area contributed by atoms with Crippen LogP contribution in [-0.2, 0) is 0 Å². The van der Waals surface area contributed by atoms with Gasteiger partial charge in [-0.1, -0.05) is 13.8 Å². The molecule has 1 saturated carbocycles. The Morgan fingerprint density at radius 3 is 1.43 bits per heavy atom. The topological polar surface area (TPSA) is 20.2 Å². The van der Waals surface area contributed by atoms with E-state index in [1.807, 2.05) is 6.92 Å². The van der Waals surface area contributed by atoms with Gasteiger partial charge in [0.15, 0.2) is 0 Å². The van der Waals surface area contributed by atoms with Crippen LogP contribution >= 0.6 is 0 Å². The van der Waals surface area contributed by atoms with Crippen molar-refractivity contribution in [1.82, 2.24) is 0 Å². The zero-order valence-corrected chi connectivity index (χ0v) is 5.15. The van der Waals surface area contributed by atoms with Gasteiger partial charge in [-0.05, 0) is 18.8 Å². The highest BCUT2D eigenvalue weighted by atomic mass is 16.3. The minimum Gasteiger partial charge on any atom is -0.390 e. The summed E-state index contributed by atoms with van der Waals surface area (Å²) in [4.78, 5) is 0. The number of aliphatic hydroxyl groups is 1. The van der Waals surface area contributed by atoms with Crippen LogP contribution in [0.1, 0.15) is 27.2 Å². The third-order valence-electron chi connectivity index (χ3n) is 2.12. The maximum Gasteiger partial charge on any atom is 0.0677 e. The molecule has 0 amide bonds. The monoisotopic (exact) mass is 100 g/mol. The van der Waals surface area contributed by atoms with Crippen LogP contribution in [0.25, 0.3) is 0 Å². The molecule has 0 radical (unpaired) electrons. The van der Waals surface area contributed by atoms with Gasteiger partial charge in [0.1, 0.15) is 0 Å². The lowest BCUT2D eigenvalue weighted by Crippen LogP contribution is -2.08. The van der Waals surface area contributed by atoms with Crippen LogP contribution < -0.4 is 0 Å². The van der Waals surface area contributed by atoms with Crippen molar-refractivity contribution in [2.24, 2.45) is 5.41 Å². The largest absolute Gasteiger partial charge is 0.390 e. The average Bonchev–Trinajstić information content (AvgIpc) is 1.63. The van der Waals surface area contributed by atoms with E-state index in [-0.39, 0.29) is 11.0 Å². The minimum absolute atomic E-state index is 0.201. The van der Waals surface area contributed by atoms with Crippen LogP contribution in [-0.4, -0.2) is 10.7 Å². The summed E-state index contributed by atoms with van der Waals surface area (Å²) in [5.41, 5.74) is -0.153. The molecule has 42 valence electrons. The van der Waals surface area contributed by atoms with E-state index in [4.69, 9.17) is 5.11 Å². The Kier molecular flexibility index (Phi) is 0.636. The van der Waals surface area contributed by atoms with E-state index in [0.717, 1.165) is 6.42 Å². The SMILES string of the molecule is CC1(C)C[C@@]1(C)O. The fourth-order valence-corrected chi connectivity index (χ4v) is 0.816. The predicted molar refractivity (Wildman–Crippen MR) is 29.0 cm³/mol. The first-order valence-electron chi connectivity index (χ1n) is 2.68. The van der Waals surface area contributed by atoms with E-state index in [0.29, 0.717) is 0 Å². The Hall–Kier alpha value is -0.0400. The van der Waals surface area contributed by atoms with Crippen LogP contribution in [0.3, 0.4) is 0 Å². The Labute approximate surface area is 44.4 Å². The van der Waals surface area contributed by atoms with Crippen molar-refractivity contribution >= 4 is 0 Å². The maximum atomic E-state index is 9.16. The molecule has 1 atom stereocenters. The lowest BCUT2D eigenvalue weighted by molar-refractivity contribution is 0.129. The fraction of sp³-hybridized carbons (Fsp3) is 1.00. The molecule has 1 rings (SSSR count). The summed E-state index contributed by atoms with van der Waals surface area (Å²) in [5.74, 6) is 0. The van der Waals surface area contributed by atoms with E-state index in [2.05, 4.69) is 13.8 Å². The molecule has 0 aromatic carbocycles. The van der Waals surface area contributed by atoms with Gasteiger partial charge in [-0.15, -0.1) is 0 Å². The second-order valence-corrected chi connectivity index (χ2v) is 3.33. The van der Waals surface area contributed by atoms with E-state index in [1.54, 1.807) is 0 Å². The molecular formula is C6H12O. The van der Waals surface area contributed by atoms with E-state index < -0.39 is 0 Å². The van der Waals surface area contributed by atoms with Crippen LogP contribution in [0.4, 0.5) is 0 Å². The molecule has 0 unspecified atom stereocenters. The smallest absolute Gasteiger partial charge is 0.0677 e. The molecule has 1 N–H and O–H groups in total. The van der Waals surface area contributed by atoms with Crippen molar-refractivity contribution in [2.45, 2.75) is 32.8 Å². The highest BCUT2D eigenvalue weighted by Crippen LogP contribution is 2.54. The zero-order valence-electron chi connectivity index (χ0n) is 5.15. The van der Waals surface area contributed by atoms with Crippen molar-refractivity contribution in [3.63, 3.8) is 0 Å². The quantitative estimate of drug-likeness (QED) is 0.484. The van der Waals surface area contributed by atoms with Crippen LogP contribution in [0.5, 0.6) is 0 Å². The summed E-state index contributed by atoms with van der Waals surface area (Å²) in [7, 11) is 0. The second kappa shape index (κ2) is 0.873. The van der Waals surface area contributed by atoms with Gasteiger partial charge in [-0.3, -0.25) is 0 Å². The van der Waals surface area contributed by atoms with Gasteiger partial charge in [0.2, 0.25) is 0 Å². The van der Waals surface area contributed by atoms with Crippen LogP contribution in [0.2, 0.25) is 0 Å². The number of hydrogen-bond acceptors (Lipinski definition) is 1. The summed E-state index contributed by atoms with van der Waals surface area (Å²) in [6.07, 6.45) is 0.958. The predicted octanol–water partition coefficient (Wildman–Crippen LogP) is 1.17. The Balaban J connectivity index is 2.59. The van der Waals surface area contributed by atoms with Crippen LogP contribution in [0.15, 0.2) is 0 Å². The van der Waals surface area contributed by atoms with Gasteiger partial charge in [-0.2, -0.15) is 0 Å². The molecule has 7 heavy (non-hydrogen) atoms. The molecule has 0 aromatic rings. The summed E-state index contributed by atoms with van der Waals surface area (Å²) < 4.78 is 0. The fourth-order valence-electron chi connectivity index (χ4n) is 0.816. The molecule has 1 heteroatoms. The number of hydrogen-bond donors (Lipinski definition) is 1. The van der Waals surface area contributed by atoms with Gasteiger partial charge < -0.3 is 5.11 Å². The highest BCUT2D eigenvalue weighted by molar-refractivity contribution is 5.07. The molecule has 0 aromatic heterocycles. The van der Waals surface area contributed by atoms with Crippen molar-refractivity contribution in [1.29, 1.82) is 0 Å². The van der Waals surface area contributed by atoms with Crippen molar-refractivity contribution in [3.05, 3.63) is 0 Å². The van der Waals surface area contributed by atoms with Crippen LogP contribution in [0, 0.1) is 5.41 Å². The minimum atomic E-state index is -0.354. The van der Waals surface area contributed by atoms with Crippen molar-refractivity contribution in [2.75, 3.05) is 0 Å². The van der Waals surface area contributed by atoms with Crippen molar-refractivity contribution < 1.29 is 5.11 Å². The van der Waals surface area contributed by atoms with Crippen molar-refractivity contribution in [3.8, 4) is 0 Å². The molecule has 0 saturated heterocycles. The third-order valence-corrected chi connectivity index (χ3v) is 2.12. The van der Waals surface area contributed by atoms with E-state index >= 15 is 0 Å². The molecule has 1 aliphatic rings. The van der Waals surface area contributed by atoms with Gasteiger partial charge in [0.05, 0.1) is 5.60 Å². The maximum absolute atomic E-state index is 9.16. The standard InChI is InChI=1S/C6H12O/c1-5(2)4-6(5,3)7/h7H,4H2,1-3H3/t6-/m1/s1. The Morgan fingerprint density at radius 1 is 1.29 bits per heavy atom. The lowest BCUT2D eigenvalue weighted by Gasteiger charge is -2.03. The first-order chi connectivity index (χ1) is 2.96. The first-order valence-corrected chi connectivity index (χ1v) is 2.68. The molecule has 0 aliphatic heterocycles. The normalized spacial score (nSPS) is 46.3. The molecule has 0 spiro atoms. The molecule has 0 heterocycles. The van der Waals surface area contributed by atoms with Gasteiger partial charge in [0.25, 0.3) is 0 Å².